The summed E-state index contributed by atoms with van der Waals surface area (Å²) in [6, 6.07) is 5.16. The number of halogens is 2. The number of hydrogen-bond acceptors (Lipinski definition) is 4. The van der Waals surface area contributed by atoms with E-state index in [1.54, 1.807) is 6.92 Å². The van der Waals surface area contributed by atoms with Gasteiger partial charge in [0.2, 0.25) is 5.43 Å². The van der Waals surface area contributed by atoms with Gasteiger partial charge in [-0.2, -0.15) is 5.10 Å². The first-order valence-corrected chi connectivity index (χ1v) is 5.89. The topological polar surface area (TPSA) is 90.0 Å². The fourth-order valence-corrected chi connectivity index (χ4v) is 1.83. The molecule has 1 amide bonds. The average molecular weight is 297 g/mol. The molecule has 0 fully saturated rings. The van der Waals surface area contributed by atoms with Crippen LogP contribution >= 0.6 is 11.6 Å². The third-order valence-electron chi connectivity index (χ3n) is 2.60. The van der Waals surface area contributed by atoms with Crippen molar-refractivity contribution in [2.45, 2.75) is 6.92 Å². The first kappa shape index (κ1) is 14.2. The summed E-state index contributed by atoms with van der Waals surface area (Å²) in [4.78, 5) is 23.1. The number of nitrogens with zero attached hydrogens (tertiary/aromatic N) is 2. The van der Waals surface area contributed by atoms with Gasteiger partial charge in [-0.1, -0.05) is 11.6 Å². The molecule has 2 rings (SSSR count). The molecular formula is C12H10ClFN4O2. The number of carbonyl (C=O) groups is 1. The van der Waals surface area contributed by atoms with Crippen LogP contribution in [0.4, 0.5) is 4.39 Å². The molecule has 1 aromatic carbocycles. The monoisotopic (exact) mass is 296 g/mol. The number of carbonyl (C=O) groups excluding carboxylic acids is 1. The van der Waals surface area contributed by atoms with Gasteiger partial charge >= 0.3 is 0 Å². The summed E-state index contributed by atoms with van der Waals surface area (Å²) < 4.78 is 14.5. The third kappa shape index (κ3) is 2.54. The summed E-state index contributed by atoms with van der Waals surface area (Å²) in [5, 5.41) is 3.82. The molecule has 0 saturated carbocycles. The Morgan fingerprint density at radius 2 is 2.15 bits per heavy atom. The van der Waals surface area contributed by atoms with Crippen LogP contribution in [0.5, 0.6) is 0 Å². The van der Waals surface area contributed by atoms with E-state index < -0.39 is 17.2 Å². The molecule has 1 heterocycles. The van der Waals surface area contributed by atoms with Crippen molar-refractivity contribution >= 4 is 17.5 Å². The second-order valence-electron chi connectivity index (χ2n) is 3.98. The predicted octanol–water partition coefficient (Wildman–Crippen LogP) is 0.937. The smallest absolute Gasteiger partial charge is 0.289 e. The number of benzene rings is 1. The van der Waals surface area contributed by atoms with Crippen LogP contribution in [0.3, 0.4) is 0 Å². The lowest BCUT2D eigenvalue weighted by Crippen LogP contribution is -2.36. The summed E-state index contributed by atoms with van der Waals surface area (Å²) in [5.74, 6) is 3.60. The molecule has 6 nitrogen and oxygen atoms in total. The fraction of sp³-hybridized carbons (Fsp3) is 0.0833. The van der Waals surface area contributed by atoms with Crippen molar-refractivity contribution in [1.82, 2.24) is 15.2 Å². The molecule has 0 unspecified atom stereocenters. The van der Waals surface area contributed by atoms with Gasteiger partial charge in [-0.05, 0) is 25.1 Å². The molecule has 0 aliphatic carbocycles. The van der Waals surface area contributed by atoms with Crippen molar-refractivity contribution in [3.63, 3.8) is 0 Å². The number of nitrogen functional groups attached to an aromatic ring is 1. The van der Waals surface area contributed by atoms with Crippen LogP contribution in [0, 0.1) is 12.7 Å². The van der Waals surface area contributed by atoms with E-state index in [1.165, 1.54) is 28.9 Å². The molecule has 0 radical (unpaired) electrons. The van der Waals surface area contributed by atoms with Gasteiger partial charge in [-0.25, -0.2) is 14.9 Å². The Labute approximate surface area is 117 Å². The molecule has 104 valence electrons. The third-order valence-corrected chi connectivity index (χ3v) is 2.89. The van der Waals surface area contributed by atoms with Crippen molar-refractivity contribution in [3.05, 3.63) is 56.7 Å². The van der Waals surface area contributed by atoms with E-state index in [0.29, 0.717) is 11.4 Å². The Morgan fingerprint density at radius 3 is 2.75 bits per heavy atom. The molecular weight excluding hydrogens is 287 g/mol. The standard InChI is InChI=1S/C12H10ClFN4O2/c1-6-4-10(19)11(12(20)16-15)17-18(6)7-2-3-9(14)8(13)5-7/h2-5H,15H2,1H3,(H,16,20). The molecule has 0 aliphatic heterocycles. The van der Waals surface area contributed by atoms with Crippen LogP contribution in [0.2, 0.25) is 5.02 Å². The Balaban J connectivity index is 2.64. The van der Waals surface area contributed by atoms with Gasteiger partial charge < -0.3 is 0 Å². The van der Waals surface area contributed by atoms with E-state index in [0.717, 1.165) is 0 Å². The zero-order chi connectivity index (χ0) is 14.9. The normalized spacial score (nSPS) is 10.4. The summed E-state index contributed by atoms with van der Waals surface area (Å²) in [6.07, 6.45) is 0. The average Bonchev–Trinajstić information content (AvgIpc) is 2.41. The Kier molecular flexibility index (Phi) is 3.82. The van der Waals surface area contributed by atoms with Crippen LogP contribution < -0.4 is 16.7 Å². The molecule has 0 saturated heterocycles. The van der Waals surface area contributed by atoms with Crippen LogP contribution in [0.25, 0.3) is 5.69 Å². The highest BCUT2D eigenvalue weighted by Crippen LogP contribution is 2.19. The van der Waals surface area contributed by atoms with Gasteiger partial charge in [0.25, 0.3) is 5.91 Å². The highest BCUT2D eigenvalue weighted by atomic mass is 35.5. The number of rotatable bonds is 2. The second kappa shape index (κ2) is 5.40. The van der Waals surface area contributed by atoms with Crippen LogP contribution in [0.1, 0.15) is 16.2 Å². The van der Waals surface area contributed by atoms with Gasteiger partial charge in [0, 0.05) is 11.8 Å². The first-order valence-electron chi connectivity index (χ1n) is 5.51. The van der Waals surface area contributed by atoms with Crippen molar-refractivity contribution in [3.8, 4) is 5.69 Å². The minimum absolute atomic E-state index is 0.0905. The lowest BCUT2D eigenvalue weighted by molar-refractivity contribution is 0.0945. The van der Waals surface area contributed by atoms with Crippen molar-refractivity contribution in [2.75, 3.05) is 0 Å². The second-order valence-corrected chi connectivity index (χ2v) is 4.39. The van der Waals surface area contributed by atoms with E-state index in [1.807, 2.05) is 5.43 Å². The number of hydrazine groups is 1. The van der Waals surface area contributed by atoms with Crippen molar-refractivity contribution in [1.29, 1.82) is 0 Å². The molecule has 8 heteroatoms. The quantitative estimate of drug-likeness (QED) is 0.490. The number of amides is 1. The molecule has 0 atom stereocenters. The van der Waals surface area contributed by atoms with Crippen molar-refractivity contribution in [2.24, 2.45) is 5.84 Å². The van der Waals surface area contributed by atoms with Gasteiger partial charge in [0.15, 0.2) is 5.69 Å². The number of nitrogens with one attached hydrogen (secondary N) is 1. The van der Waals surface area contributed by atoms with E-state index in [9.17, 15) is 14.0 Å². The SMILES string of the molecule is Cc1cc(=O)c(C(=O)NN)nn1-c1ccc(F)c(Cl)c1. The van der Waals surface area contributed by atoms with E-state index in [-0.39, 0.29) is 10.7 Å². The fourth-order valence-electron chi connectivity index (χ4n) is 1.65. The molecule has 2 aromatic rings. The molecule has 20 heavy (non-hydrogen) atoms. The number of nitrogens with two attached hydrogens (primary N) is 1. The number of hydrogen-bond donors (Lipinski definition) is 2. The van der Waals surface area contributed by atoms with Crippen LogP contribution in [0.15, 0.2) is 29.1 Å². The maximum absolute atomic E-state index is 13.1. The maximum atomic E-state index is 13.1. The number of aryl methyl sites for hydroxylation is 1. The zero-order valence-corrected chi connectivity index (χ0v) is 11.1. The Hall–Kier alpha value is -2.25. The molecule has 0 bridgehead atoms. The van der Waals surface area contributed by atoms with Gasteiger partial charge in [0.05, 0.1) is 10.7 Å². The lowest BCUT2D eigenvalue weighted by atomic mass is 10.2. The molecule has 1 aromatic heterocycles. The van der Waals surface area contributed by atoms with Crippen molar-refractivity contribution < 1.29 is 9.18 Å². The maximum Gasteiger partial charge on any atom is 0.289 e. The van der Waals surface area contributed by atoms with Crippen LogP contribution in [-0.4, -0.2) is 15.7 Å². The Morgan fingerprint density at radius 1 is 1.45 bits per heavy atom. The zero-order valence-electron chi connectivity index (χ0n) is 10.4. The molecule has 3 N–H and O–H groups in total. The largest absolute Gasteiger partial charge is 0.289 e. The molecule has 0 spiro atoms. The minimum Gasteiger partial charge on any atom is -0.289 e. The highest BCUT2D eigenvalue weighted by molar-refractivity contribution is 6.30. The summed E-state index contributed by atoms with van der Waals surface area (Å²) in [5.41, 5.74) is 1.80. The summed E-state index contributed by atoms with van der Waals surface area (Å²) >= 11 is 5.70. The van der Waals surface area contributed by atoms with Gasteiger partial charge in [-0.15, -0.1) is 0 Å². The van der Waals surface area contributed by atoms with Crippen LogP contribution in [-0.2, 0) is 0 Å². The summed E-state index contributed by atoms with van der Waals surface area (Å²) in [6.45, 7) is 1.62. The van der Waals surface area contributed by atoms with E-state index in [2.05, 4.69) is 5.10 Å². The highest BCUT2D eigenvalue weighted by Gasteiger charge is 2.14. The minimum atomic E-state index is -0.808. The first-order chi connectivity index (χ1) is 9.43. The van der Waals surface area contributed by atoms with Gasteiger partial charge in [0.1, 0.15) is 5.82 Å². The lowest BCUT2D eigenvalue weighted by Gasteiger charge is -2.11. The van der Waals surface area contributed by atoms with E-state index in [4.69, 9.17) is 17.4 Å². The predicted molar refractivity (Wildman–Crippen MR) is 71.2 cm³/mol. The van der Waals surface area contributed by atoms with Gasteiger partial charge in [-0.3, -0.25) is 15.0 Å². The molecule has 0 aliphatic rings. The Bertz CT molecular complexity index is 745. The summed E-state index contributed by atoms with van der Waals surface area (Å²) in [7, 11) is 0. The van der Waals surface area contributed by atoms with E-state index >= 15 is 0 Å². The number of aromatic nitrogens is 2.